The van der Waals surface area contributed by atoms with Gasteiger partial charge >= 0.3 is 5.97 Å². The quantitative estimate of drug-likeness (QED) is 0.786. The monoisotopic (exact) mass is 313 g/mol. The van der Waals surface area contributed by atoms with Crippen LogP contribution in [0.4, 0.5) is 5.69 Å². The van der Waals surface area contributed by atoms with E-state index < -0.39 is 16.0 Å². The molecule has 0 spiro atoms. The topological polar surface area (TPSA) is 72.5 Å². The van der Waals surface area contributed by atoms with Gasteiger partial charge in [-0.15, -0.1) is 0 Å². The van der Waals surface area contributed by atoms with Gasteiger partial charge in [0, 0.05) is 6.42 Å². The van der Waals surface area contributed by atoms with Crippen molar-refractivity contribution in [3.63, 3.8) is 0 Å². The van der Waals surface area contributed by atoms with Crippen molar-refractivity contribution in [3.8, 4) is 0 Å². The summed E-state index contributed by atoms with van der Waals surface area (Å²) in [4.78, 5) is 11.0. The second-order valence-corrected chi connectivity index (χ2v) is 7.14. The molecule has 0 aliphatic rings. The van der Waals surface area contributed by atoms with Crippen LogP contribution in [-0.4, -0.2) is 27.2 Å². The summed E-state index contributed by atoms with van der Waals surface area (Å²) in [6, 6.07) is 5.71. The molecular formula is C15H23NO4S. The van der Waals surface area contributed by atoms with E-state index in [0.717, 1.165) is 11.1 Å². The fraction of sp³-hybridized carbons (Fsp3) is 0.533. The fourth-order valence-electron chi connectivity index (χ4n) is 2.03. The average molecular weight is 313 g/mol. The molecule has 1 aromatic rings. The average Bonchev–Trinajstić information content (AvgIpc) is 2.40. The molecule has 118 valence electrons. The summed E-state index contributed by atoms with van der Waals surface area (Å²) < 4.78 is 31.4. The number of carbonyl (C=O) groups excluding carboxylic acids is 1. The summed E-state index contributed by atoms with van der Waals surface area (Å²) in [5, 5.41) is 0. The lowest BCUT2D eigenvalue weighted by molar-refractivity contribution is -0.140. The minimum atomic E-state index is -3.47. The van der Waals surface area contributed by atoms with Gasteiger partial charge in [-0.1, -0.05) is 32.0 Å². The Morgan fingerprint density at radius 1 is 1.33 bits per heavy atom. The fourth-order valence-corrected chi connectivity index (χ4v) is 3.24. The van der Waals surface area contributed by atoms with E-state index in [1.54, 1.807) is 0 Å². The van der Waals surface area contributed by atoms with Crippen LogP contribution in [0.2, 0.25) is 0 Å². The first-order chi connectivity index (χ1) is 9.76. The largest absolute Gasteiger partial charge is 0.469 e. The number of hydrogen-bond acceptors (Lipinski definition) is 4. The maximum atomic E-state index is 12.1. The Morgan fingerprint density at radius 3 is 2.57 bits per heavy atom. The third-order valence-electron chi connectivity index (χ3n) is 3.21. The van der Waals surface area contributed by atoms with Crippen molar-refractivity contribution in [2.24, 2.45) is 0 Å². The van der Waals surface area contributed by atoms with Gasteiger partial charge in [-0.3, -0.25) is 9.52 Å². The molecule has 0 aliphatic heterocycles. The van der Waals surface area contributed by atoms with E-state index in [9.17, 15) is 13.2 Å². The van der Waals surface area contributed by atoms with Crippen molar-refractivity contribution in [2.45, 2.75) is 39.5 Å². The van der Waals surface area contributed by atoms with Gasteiger partial charge < -0.3 is 4.74 Å². The number of benzene rings is 1. The first-order valence-electron chi connectivity index (χ1n) is 6.93. The molecule has 0 heterocycles. The van der Waals surface area contributed by atoms with Crippen molar-refractivity contribution in [1.82, 2.24) is 0 Å². The first-order valence-corrected chi connectivity index (χ1v) is 8.59. The predicted molar refractivity (Wildman–Crippen MR) is 83.9 cm³/mol. The van der Waals surface area contributed by atoms with Crippen LogP contribution in [-0.2, 0) is 19.6 Å². The van der Waals surface area contributed by atoms with Crippen molar-refractivity contribution >= 4 is 21.7 Å². The molecule has 21 heavy (non-hydrogen) atoms. The van der Waals surface area contributed by atoms with Crippen LogP contribution in [0.25, 0.3) is 0 Å². The van der Waals surface area contributed by atoms with Crippen LogP contribution in [0.1, 0.15) is 43.7 Å². The predicted octanol–water partition coefficient (Wildman–Crippen LogP) is 2.81. The first kappa shape index (κ1) is 17.5. The number of anilines is 1. The van der Waals surface area contributed by atoms with E-state index in [1.807, 2.05) is 39.0 Å². The molecule has 5 nitrogen and oxygen atoms in total. The Kier molecular flexibility index (Phi) is 6.20. The van der Waals surface area contributed by atoms with Gasteiger partial charge in [0.25, 0.3) is 0 Å². The number of esters is 1. The molecule has 1 N–H and O–H groups in total. The molecule has 1 aromatic carbocycles. The summed E-state index contributed by atoms with van der Waals surface area (Å²) in [5.74, 6) is -0.282. The Labute approximate surface area is 126 Å². The highest BCUT2D eigenvalue weighted by molar-refractivity contribution is 7.92. The standard InChI is InChI=1S/C15H23NO4S/c1-11(2)13-8-5-7-12(3)15(13)16-21(18,19)10-6-9-14(17)20-4/h5,7-8,11,16H,6,9-10H2,1-4H3. The number of para-hydroxylation sites is 1. The smallest absolute Gasteiger partial charge is 0.305 e. The maximum absolute atomic E-state index is 12.1. The SMILES string of the molecule is COC(=O)CCCS(=O)(=O)Nc1c(C)cccc1C(C)C. The molecule has 0 radical (unpaired) electrons. The third-order valence-corrected chi connectivity index (χ3v) is 4.55. The van der Waals surface area contributed by atoms with E-state index in [1.165, 1.54) is 7.11 Å². The normalized spacial score (nSPS) is 11.5. The molecule has 1 rings (SSSR count). The zero-order valence-electron chi connectivity index (χ0n) is 13.0. The molecule has 0 unspecified atom stereocenters. The summed E-state index contributed by atoms with van der Waals surface area (Å²) in [6.07, 6.45) is 0.340. The number of hydrogen-bond donors (Lipinski definition) is 1. The van der Waals surface area contributed by atoms with Crippen molar-refractivity contribution < 1.29 is 17.9 Å². The van der Waals surface area contributed by atoms with E-state index in [0.29, 0.717) is 5.69 Å². The zero-order chi connectivity index (χ0) is 16.0. The molecule has 0 atom stereocenters. The van der Waals surface area contributed by atoms with Crippen LogP contribution >= 0.6 is 0 Å². The molecule has 0 amide bonds. The summed E-state index contributed by atoms with van der Waals surface area (Å²) in [6.45, 7) is 5.91. The Balaban J connectivity index is 2.82. The van der Waals surface area contributed by atoms with E-state index in [-0.39, 0.29) is 24.5 Å². The number of methoxy groups -OCH3 is 1. The molecule has 0 bridgehead atoms. The van der Waals surface area contributed by atoms with Crippen molar-refractivity contribution in [2.75, 3.05) is 17.6 Å². The number of rotatable bonds is 7. The second kappa shape index (κ2) is 7.45. The lowest BCUT2D eigenvalue weighted by atomic mass is 9.99. The van der Waals surface area contributed by atoms with Gasteiger partial charge in [0.15, 0.2) is 0 Å². The molecular weight excluding hydrogens is 290 g/mol. The Bertz CT molecular complexity index is 594. The van der Waals surface area contributed by atoms with Crippen LogP contribution in [0.15, 0.2) is 18.2 Å². The molecule has 0 saturated carbocycles. The van der Waals surface area contributed by atoms with Crippen molar-refractivity contribution in [3.05, 3.63) is 29.3 Å². The van der Waals surface area contributed by atoms with Gasteiger partial charge in [-0.05, 0) is 30.4 Å². The van der Waals surface area contributed by atoms with Gasteiger partial charge in [-0.2, -0.15) is 0 Å². The summed E-state index contributed by atoms with van der Waals surface area (Å²) >= 11 is 0. The number of ether oxygens (including phenoxy) is 1. The molecule has 0 fully saturated rings. The van der Waals surface area contributed by atoms with E-state index >= 15 is 0 Å². The third kappa shape index (κ3) is 5.38. The van der Waals surface area contributed by atoms with Crippen LogP contribution < -0.4 is 4.72 Å². The lowest BCUT2D eigenvalue weighted by Crippen LogP contribution is -2.19. The van der Waals surface area contributed by atoms with Crippen LogP contribution in [0.5, 0.6) is 0 Å². The van der Waals surface area contributed by atoms with E-state index in [2.05, 4.69) is 9.46 Å². The van der Waals surface area contributed by atoms with Gasteiger partial charge in [0.05, 0.1) is 18.6 Å². The molecule has 6 heteroatoms. The van der Waals surface area contributed by atoms with Gasteiger partial charge in [0.2, 0.25) is 10.0 Å². The summed E-state index contributed by atoms with van der Waals surface area (Å²) in [7, 11) is -2.19. The lowest BCUT2D eigenvalue weighted by Gasteiger charge is -2.17. The zero-order valence-corrected chi connectivity index (χ0v) is 13.8. The number of aryl methyl sites for hydroxylation is 1. The molecule has 0 saturated heterocycles. The van der Waals surface area contributed by atoms with Crippen LogP contribution in [0.3, 0.4) is 0 Å². The van der Waals surface area contributed by atoms with Gasteiger partial charge in [-0.25, -0.2) is 8.42 Å². The molecule has 0 aliphatic carbocycles. The highest BCUT2D eigenvalue weighted by atomic mass is 32.2. The number of nitrogens with one attached hydrogen (secondary N) is 1. The Hall–Kier alpha value is -1.56. The molecule has 0 aromatic heterocycles. The second-order valence-electron chi connectivity index (χ2n) is 5.29. The minimum absolute atomic E-state index is 0.0994. The Morgan fingerprint density at radius 2 is 2.00 bits per heavy atom. The van der Waals surface area contributed by atoms with Crippen molar-refractivity contribution in [1.29, 1.82) is 0 Å². The number of sulfonamides is 1. The highest BCUT2D eigenvalue weighted by Gasteiger charge is 2.16. The highest BCUT2D eigenvalue weighted by Crippen LogP contribution is 2.28. The van der Waals surface area contributed by atoms with E-state index in [4.69, 9.17) is 0 Å². The van der Waals surface area contributed by atoms with Gasteiger partial charge in [0.1, 0.15) is 0 Å². The number of carbonyl (C=O) groups is 1. The minimum Gasteiger partial charge on any atom is -0.469 e. The summed E-state index contributed by atoms with van der Waals surface area (Å²) in [5.41, 5.74) is 2.50. The maximum Gasteiger partial charge on any atom is 0.305 e. The van der Waals surface area contributed by atoms with Crippen LogP contribution in [0, 0.1) is 6.92 Å².